The molecule has 0 spiro atoms. The molecule has 140 valence electrons. The highest BCUT2D eigenvalue weighted by molar-refractivity contribution is 7.13. The van der Waals surface area contributed by atoms with Gasteiger partial charge < -0.3 is 19.1 Å². The normalized spacial score (nSPS) is 14.4. The molecular weight excluding hydrogens is 366 g/mol. The van der Waals surface area contributed by atoms with E-state index >= 15 is 0 Å². The number of thiazole rings is 1. The molecule has 0 aliphatic carbocycles. The third kappa shape index (κ3) is 3.92. The first kappa shape index (κ1) is 17.5. The van der Waals surface area contributed by atoms with E-state index in [9.17, 15) is 4.79 Å². The van der Waals surface area contributed by atoms with Crippen LogP contribution in [-0.4, -0.2) is 52.1 Å². The highest BCUT2D eigenvalue weighted by Gasteiger charge is 2.25. The number of aryl methyl sites for hydroxylation is 1. The van der Waals surface area contributed by atoms with Crippen molar-refractivity contribution in [2.24, 2.45) is 0 Å². The molecule has 8 nitrogen and oxygen atoms in total. The van der Waals surface area contributed by atoms with Crippen LogP contribution >= 0.6 is 11.3 Å². The molecule has 1 fully saturated rings. The standard InChI is InChI=1S/C18H19N5O3S/c1-13-20-16(21-26-13)12-25-15-5-3-2-4-14(15)17(24)22-7-9-23(10-8-22)18-19-6-11-27-18/h2-6,11H,7-10,12H2,1H3. The number of nitrogens with zero attached hydrogens (tertiary/aromatic N) is 5. The van der Waals surface area contributed by atoms with Gasteiger partial charge in [-0.1, -0.05) is 17.3 Å². The Morgan fingerprint density at radius 3 is 2.78 bits per heavy atom. The van der Waals surface area contributed by atoms with Crippen molar-refractivity contribution in [1.82, 2.24) is 20.0 Å². The van der Waals surface area contributed by atoms with Gasteiger partial charge in [0.1, 0.15) is 5.75 Å². The van der Waals surface area contributed by atoms with E-state index in [1.54, 1.807) is 36.6 Å². The molecule has 1 amide bonds. The summed E-state index contributed by atoms with van der Waals surface area (Å²) in [5, 5.41) is 6.78. The zero-order chi connectivity index (χ0) is 18.6. The van der Waals surface area contributed by atoms with Gasteiger partial charge in [0.15, 0.2) is 11.7 Å². The van der Waals surface area contributed by atoms with Crippen LogP contribution in [0, 0.1) is 6.92 Å². The first-order valence-electron chi connectivity index (χ1n) is 8.65. The average Bonchev–Trinajstić information content (AvgIpc) is 3.38. The minimum absolute atomic E-state index is 0.0336. The number of rotatable bonds is 5. The van der Waals surface area contributed by atoms with Crippen LogP contribution in [0.25, 0.3) is 0 Å². The number of ether oxygens (including phenoxy) is 1. The van der Waals surface area contributed by atoms with Crippen LogP contribution in [-0.2, 0) is 6.61 Å². The lowest BCUT2D eigenvalue weighted by molar-refractivity contribution is 0.0741. The van der Waals surface area contributed by atoms with Gasteiger partial charge in [-0.25, -0.2) is 4.98 Å². The molecule has 0 unspecified atom stereocenters. The molecule has 1 aliphatic heterocycles. The van der Waals surface area contributed by atoms with Crippen LogP contribution in [0.1, 0.15) is 22.1 Å². The van der Waals surface area contributed by atoms with Crippen molar-refractivity contribution in [2.45, 2.75) is 13.5 Å². The Kier molecular flexibility index (Phi) is 5.01. The first-order chi connectivity index (χ1) is 13.2. The quantitative estimate of drug-likeness (QED) is 0.667. The van der Waals surface area contributed by atoms with Crippen molar-refractivity contribution in [3.63, 3.8) is 0 Å². The Balaban J connectivity index is 1.41. The summed E-state index contributed by atoms with van der Waals surface area (Å²) in [6.45, 7) is 4.71. The fourth-order valence-corrected chi connectivity index (χ4v) is 3.65. The molecule has 1 aliphatic rings. The summed E-state index contributed by atoms with van der Waals surface area (Å²) >= 11 is 1.62. The SMILES string of the molecule is Cc1nc(COc2ccccc2C(=O)N2CCN(c3nccs3)CC2)no1. The third-order valence-electron chi connectivity index (χ3n) is 4.30. The van der Waals surface area contributed by atoms with Crippen molar-refractivity contribution in [1.29, 1.82) is 0 Å². The molecule has 0 saturated carbocycles. The lowest BCUT2D eigenvalue weighted by atomic mass is 10.1. The van der Waals surface area contributed by atoms with Crippen LogP contribution in [0.3, 0.4) is 0 Å². The predicted molar refractivity (Wildman–Crippen MR) is 100 cm³/mol. The monoisotopic (exact) mass is 385 g/mol. The van der Waals surface area contributed by atoms with E-state index in [1.165, 1.54) is 0 Å². The topological polar surface area (TPSA) is 84.6 Å². The largest absolute Gasteiger partial charge is 0.485 e. The maximum Gasteiger partial charge on any atom is 0.257 e. The van der Waals surface area contributed by atoms with Gasteiger partial charge in [-0.15, -0.1) is 11.3 Å². The number of hydrogen-bond acceptors (Lipinski definition) is 8. The van der Waals surface area contributed by atoms with Crippen molar-refractivity contribution in [3.05, 3.63) is 53.1 Å². The summed E-state index contributed by atoms with van der Waals surface area (Å²) in [5.74, 6) is 1.42. The van der Waals surface area contributed by atoms with Gasteiger partial charge in [0.05, 0.1) is 5.56 Å². The summed E-state index contributed by atoms with van der Waals surface area (Å²) < 4.78 is 10.7. The summed E-state index contributed by atoms with van der Waals surface area (Å²) in [6.07, 6.45) is 1.80. The second kappa shape index (κ2) is 7.75. The van der Waals surface area contributed by atoms with E-state index in [-0.39, 0.29) is 12.5 Å². The zero-order valence-corrected chi connectivity index (χ0v) is 15.7. The number of hydrogen-bond donors (Lipinski definition) is 0. The summed E-state index contributed by atoms with van der Waals surface area (Å²) in [7, 11) is 0. The van der Waals surface area contributed by atoms with E-state index in [0.717, 1.165) is 18.2 Å². The van der Waals surface area contributed by atoms with Gasteiger partial charge >= 0.3 is 0 Å². The Morgan fingerprint density at radius 1 is 1.26 bits per heavy atom. The van der Waals surface area contributed by atoms with Crippen molar-refractivity contribution in [3.8, 4) is 5.75 Å². The number of benzene rings is 1. The minimum Gasteiger partial charge on any atom is -0.485 e. The molecule has 0 N–H and O–H groups in total. The molecule has 0 atom stereocenters. The summed E-state index contributed by atoms with van der Waals surface area (Å²) in [4.78, 5) is 25.5. The van der Waals surface area contributed by atoms with Gasteiger partial charge in [0.2, 0.25) is 11.7 Å². The molecule has 1 aromatic carbocycles. The molecule has 9 heteroatoms. The highest BCUT2D eigenvalue weighted by atomic mass is 32.1. The lowest BCUT2D eigenvalue weighted by Crippen LogP contribution is -2.48. The van der Waals surface area contributed by atoms with E-state index in [1.807, 2.05) is 22.4 Å². The number of piperazine rings is 1. The smallest absolute Gasteiger partial charge is 0.257 e. The Bertz CT molecular complexity index is 903. The zero-order valence-electron chi connectivity index (χ0n) is 14.9. The van der Waals surface area contributed by atoms with E-state index < -0.39 is 0 Å². The molecule has 0 radical (unpaired) electrons. The number of aromatic nitrogens is 3. The van der Waals surface area contributed by atoms with Gasteiger partial charge in [0, 0.05) is 44.7 Å². The van der Waals surface area contributed by atoms with Gasteiger partial charge in [0.25, 0.3) is 5.91 Å². The Hall–Kier alpha value is -2.94. The maximum atomic E-state index is 13.0. The number of amides is 1. The highest BCUT2D eigenvalue weighted by Crippen LogP contribution is 2.23. The predicted octanol–water partition coefficient (Wildman–Crippen LogP) is 2.38. The Labute approximate surface area is 160 Å². The first-order valence-corrected chi connectivity index (χ1v) is 9.53. The van der Waals surface area contributed by atoms with Crippen LogP contribution in [0.2, 0.25) is 0 Å². The molecule has 1 saturated heterocycles. The van der Waals surface area contributed by atoms with E-state index in [4.69, 9.17) is 9.26 Å². The van der Waals surface area contributed by atoms with E-state index in [0.29, 0.717) is 36.1 Å². The maximum absolute atomic E-state index is 13.0. The molecular formula is C18H19N5O3S. The number of para-hydroxylation sites is 1. The van der Waals surface area contributed by atoms with Gasteiger partial charge in [-0.3, -0.25) is 4.79 Å². The van der Waals surface area contributed by atoms with Gasteiger partial charge in [-0.2, -0.15) is 4.98 Å². The summed E-state index contributed by atoms with van der Waals surface area (Å²) in [5.41, 5.74) is 0.542. The summed E-state index contributed by atoms with van der Waals surface area (Å²) in [6, 6.07) is 7.25. The lowest BCUT2D eigenvalue weighted by Gasteiger charge is -2.34. The van der Waals surface area contributed by atoms with Crippen molar-refractivity contribution in [2.75, 3.05) is 31.1 Å². The molecule has 3 heterocycles. The number of anilines is 1. The number of carbonyl (C=O) groups is 1. The molecule has 3 aromatic rings. The van der Waals surface area contributed by atoms with Crippen LogP contribution in [0.4, 0.5) is 5.13 Å². The van der Waals surface area contributed by atoms with Crippen molar-refractivity contribution < 1.29 is 14.1 Å². The minimum atomic E-state index is -0.0336. The van der Waals surface area contributed by atoms with Crippen LogP contribution in [0.15, 0.2) is 40.4 Å². The van der Waals surface area contributed by atoms with Crippen LogP contribution in [0.5, 0.6) is 5.75 Å². The molecule has 2 aromatic heterocycles. The molecule has 0 bridgehead atoms. The number of carbonyl (C=O) groups excluding carboxylic acids is 1. The third-order valence-corrected chi connectivity index (χ3v) is 5.13. The second-order valence-corrected chi connectivity index (χ2v) is 6.98. The van der Waals surface area contributed by atoms with Gasteiger partial charge in [-0.05, 0) is 12.1 Å². The fraction of sp³-hybridized carbons (Fsp3) is 0.333. The van der Waals surface area contributed by atoms with Crippen LogP contribution < -0.4 is 9.64 Å². The van der Waals surface area contributed by atoms with E-state index in [2.05, 4.69) is 20.0 Å². The Morgan fingerprint density at radius 2 is 2.07 bits per heavy atom. The van der Waals surface area contributed by atoms with Crippen molar-refractivity contribution >= 4 is 22.4 Å². The second-order valence-electron chi connectivity index (χ2n) is 6.11. The average molecular weight is 385 g/mol. The molecule has 27 heavy (non-hydrogen) atoms. The fourth-order valence-electron chi connectivity index (χ4n) is 2.95. The molecule has 4 rings (SSSR count).